The maximum Gasteiger partial charge on any atom is 0.123 e. The number of rotatable bonds is 4. The Morgan fingerprint density at radius 2 is 2.06 bits per heavy atom. The van der Waals surface area contributed by atoms with E-state index in [1.807, 2.05) is 6.92 Å². The molecule has 0 bridgehead atoms. The maximum absolute atomic E-state index is 5.92. The third-order valence-corrected chi connectivity index (χ3v) is 3.94. The zero-order valence-electron chi connectivity index (χ0n) is 11.3. The molecule has 0 aliphatic heterocycles. The predicted molar refractivity (Wildman–Crippen MR) is 82.2 cm³/mol. The first kappa shape index (κ1) is 15.4. The Hall–Kier alpha value is -0.680. The second-order valence-corrected chi connectivity index (χ2v) is 5.76. The normalized spacial score (nSPS) is 26.0. The number of nitrogens with zero attached hydrogens (tertiary/aromatic N) is 3. The van der Waals surface area contributed by atoms with Crippen LogP contribution in [0, 0.1) is 5.92 Å². The standard InChI is InChI=1S/C13H23BrN4/c1-10(17-8-13(14)16-2)18(3)9-11-4-6-12(15)7-5-11/h8,11-12H,2,4-7,9,15H2,1,3H3/b13-8-,17-10?. The largest absolute Gasteiger partial charge is 0.363 e. The molecule has 4 nitrogen and oxygen atoms in total. The number of nitrogens with two attached hydrogens (primary N) is 1. The molecule has 102 valence electrons. The highest BCUT2D eigenvalue weighted by atomic mass is 79.9. The summed E-state index contributed by atoms with van der Waals surface area (Å²) in [5.74, 6) is 1.73. The summed E-state index contributed by atoms with van der Waals surface area (Å²) in [7, 11) is 2.08. The van der Waals surface area contributed by atoms with E-state index in [9.17, 15) is 0 Å². The molecular weight excluding hydrogens is 292 g/mol. The quantitative estimate of drug-likeness (QED) is 0.493. The van der Waals surface area contributed by atoms with Gasteiger partial charge in [0.05, 0.1) is 6.20 Å². The molecule has 0 aromatic rings. The van der Waals surface area contributed by atoms with E-state index in [4.69, 9.17) is 5.73 Å². The Kier molecular flexibility index (Phi) is 6.57. The molecular formula is C13H23BrN4. The summed E-state index contributed by atoms with van der Waals surface area (Å²) in [6, 6.07) is 0.416. The minimum absolute atomic E-state index is 0.416. The van der Waals surface area contributed by atoms with E-state index in [-0.39, 0.29) is 0 Å². The van der Waals surface area contributed by atoms with Crippen molar-refractivity contribution >= 4 is 28.5 Å². The lowest BCUT2D eigenvalue weighted by Gasteiger charge is -2.30. The van der Waals surface area contributed by atoms with Crippen LogP contribution in [0.15, 0.2) is 20.8 Å². The smallest absolute Gasteiger partial charge is 0.123 e. The molecule has 1 aliphatic carbocycles. The summed E-state index contributed by atoms with van der Waals surface area (Å²) in [6.07, 6.45) is 6.44. The Morgan fingerprint density at radius 1 is 1.44 bits per heavy atom. The fourth-order valence-electron chi connectivity index (χ4n) is 2.18. The van der Waals surface area contributed by atoms with E-state index in [0.717, 1.165) is 31.1 Å². The second kappa shape index (κ2) is 7.69. The molecule has 0 aromatic heterocycles. The maximum atomic E-state index is 5.92. The van der Waals surface area contributed by atoms with Crippen LogP contribution in [0.5, 0.6) is 0 Å². The van der Waals surface area contributed by atoms with Crippen molar-refractivity contribution < 1.29 is 0 Å². The van der Waals surface area contributed by atoms with Crippen LogP contribution < -0.4 is 5.73 Å². The molecule has 0 spiro atoms. The van der Waals surface area contributed by atoms with Crippen molar-refractivity contribution in [2.75, 3.05) is 13.6 Å². The Balaban J connectivity index is 2.44. The van der Waals surface area contributed by atoms with Crippen LogP contribution in [0.2, 0.25) is 0 Å². The van der Waals surface area contributed by atoms with Crippen LogP contribution in [0.4, 0.5) is 0 Å². The summed E-state index contributed by atoms with van der Waals surface area (Å²) in [4.78, 5) is 10.3. The van der Waals surface area contributed by atoms with E-state index < -0.39 is 0 Å². The molecule has 1 aliphatic rings. The van der Waals surface area contributed by atoms with Crippen LogP contribution in [0.3, 0.4) is 0 Å². The van der Waals surface area contributed by atoms with E-state index in [2.05, 4.69) is 44.6 Å². The monoisotopic (exact) mass is 314 g/mol. The first-order valence-electron chi connectivity index (χ1n) is 6.36. The number of hydrogen-bond acceptors (Lipinski definition) is 3. The van der Waals surface area contributed by atoms with Crippen molar-refractivity contribution in [3.8, 4) is 0 Å². The van der Waals surface area contributed by atoms with Gasteiger partial charge in [-0.1, -0.05) is 0 Å². The number of amidine groups is 1. The topological polar surface area (TPSA) is 54.0 Å². The lowest BCUT2D eigenvalue weighted by Crippen LogP contribution is -2.34. The van der Waals surface area contributed by atoms with Crippen LogP contribution in [0.1, 0.15) is 32.6 Å². The summed E-state index contributed by atoms with van der Waals surface area (Å²) in [6.45, 7) is 6.48. The molecule has 0 unspecified atom stereocenters. The van der Waals surface area contributed by atoms with Gasteiger partial charge in [-0.3, -0.25) is 4.99 Å². The first-order chi connectivity index (χ1) is 8.52. The van der Waals surface area contributed by atoms with Gasteiger partial charge in [0.15, 0.2) is 0 Å². The second-order valence-electron chi connectivity index (χ2n) is 4.95. The molecule has 0 heterocycles. The lowest BCUT2D eigenvalue weighted by molar-refractivity contribution is 0.277. The Bertz CT molecular complexity index is 330. The highest BCUT2D eigenvalue weighted by Gasteiger charge is 2.19. The van der Waals surface area contributed by atoms with Crippen molar-refractivity contribution in [1.82, 2.24) is 4.90 Å². The summed E-state index contributed by atoms with van der Waals surface area (Å²) >= 11 is 3.25. The van der Waals surface area contributed by atoms with Gasteiger partial charge in [-0.15, -0.1) is 0 Å². The van der Waals surface area contributed by atoms with Crippen LogP contribution >= 0.6 is 15.9 Å². The van der Waals surface area contributed by atoms with Gasteiger partial charge in [0.25, 0.3) is 0 Å². The number of aliphatic imine (C=N–C) groups is 2. The van der Waals surface area contributed by atoms with Gasteiger partial charge in [0.2, 0.25) is 0 Å². The third kappa shape index (κ3) is 5.31. The van der Waals surface area contributed by atoms with Crippen LogP contribution in [-0.2, 0) is 0 Å². The summed E-state index contributed by atoms with van der Waals surface area (Å²) in [5.41, 5.74) is 5.92. The van der Waals surface area contributed by atoms with Crippen molar-refractivity contribution in [2.24, 2.45) is 21.6 Å². The molecule has 1 fully saturated rings. The number of halogens is 1. The molecule has 0 aromatic carbocycles. The van der Waals surface area contributed by atoms with Crippen LogP contribution in [-0.4, -0.2) is 37.1 Å². The predicted octanol–water partition coefficient (Wildman–Crippen LogP) is 2.75. The van der Waals surface area contributed by atoms with E-state index in [0.29, 0.717) is 10.6 Å². The van der Waals surface area contributed by atoms with E-state index >= 15 is 0 Å². The first-order valence-corrected chi connectivity index (χ1v) is 7.15. The lowest BCUT2D eigenvalue weighted by atomic mass is 9.86. The molecule has 1 saturated carbocycles. The highest BCUT2D eigenvalue weighted by molar-refractivity contribution is 9.11. The summed E-state index contributed by atoms with van der Waals surface area (Å²) in [5, 5.41) is 0. The van der Waals surface area contributed by atoms with Gasteiger partial charge < -0.3 is 10.6 Å². The van der Waals surface area contributed by atoms with Gasteiger partial charge in [-0.2, -0.15) is 0 Å². The molecule has 2 N–H and O–H groups in total. The van der Waals surface area contributed by atoms with Crippen molar-refractivity contribution in [3.05, 3.63) is 10.8 Å². The molecule has 5 heteroatoms. The van der Waals surface area contributed by atoms with Crippen molar-refractivity contribution in [2.45, 2.75) is 38.6 Å². The van der Waals surface area contributed by atoms with Gasteiger partial charge in [-0.25, -0.2) is 4.99 Å². The average molecular weight is 315 g/mol. The Morgan fingerprint density at radius 3 is 2.61 bits per heavy atom. The fourth-order valence-corrected chi connectivity index (χ4v) is 2.28. The highest BCUT2D eigenvalue weighted by Crippen LogP contribution is 2.23. The average Bonchev–Trinajstić information content (AvgIpc) is 2.38. The molecule has 18 heavy (non-hydrogen) atoms. The van der Waals surface area contributed by atoms with Gasteiger partial charge in [0.1, 0.15) is 10.4 Å². The van der Waals surface area contributed by atoms with Gasteiger partial charge >= 0.3 is 0 Å². The molecule has 0 atom stereocenters. The van der Waals surface area contributed by atoms with Gasteiger partial charge in [0, 0.05) is 19.6 Å². The summed E-state index contributed by atoms with van der Waals surface area (Å²) < 4.78 is 0.652. The fraction of sp³-hybridized carbons (Fsp3) is 0.692. The molecule has 0 amide bonds. The molecule has 0 radical (unpaired) electrons. The van der Waals surface area contributed by atoms with E-state index in [1.54, 1.807) is 6.20 Å². The van der Waals surface area contributed by atoms with Gasteiger partial charge in [-0.05, 0) is 61.2 Å². The minimum atomic E-state index is 0.416. The third-order valence-electron chi connectivity index (χ3n) is 3.48. The number of hydrogen-bond donors (Lipinski definition) is 1. The van der Waals surface area contributed by atoms with Crippen molar-refractivity contribution in [1.29, 1.82) is 0 Å². The molecule has 0 saturated heterocycles. The zero-order valence-corrected chi connectivity index (χ0v) is 12.9. The minimum Gasteiger partial charge on any atom is -0.363 e. The van der Waals surface area contributed by atoms with Crippen molar-refractivity contribution in [3.63, 3.8) is 0 Å². The Labute approximate surface area is 118 Å². The zero-order chi connectivity index (χ0) is 13.5. The van der Waals surface area contributed by atoms with Crippen LogP contribution in [0.25, 0.3) is 0 Å². The molecule has 1 rings (SSSR count). The SMILES string of the molecule is C=N/C(Br)=C\N=C(C)N(C)CC1CCC(N)CC1. The van der Waals surface area contributed by atoms with E-state index in [1.165, 1.54) is 12.8 Å².